The predicted molar refractivity (Wildman–Crippen MR) is 182 cm³/mol. The highest BCUT2D eigenvalue weighted by Crippen LogP contribution is 2.38. The fourth-order valence-corrected chi connectivity index (χ4v) is 6.59. The van der Waals surface area contributed by atoms with Crippen molar-refractivity contribution in [3.05, 3.63) is 139 Å². The number of aromatic nitrogens is 3. The first-order valence-corrected chi connectivity index (χ1v) is 15.1. The molecular formula is C40H33N3. The molecule has 8 aromatic rings. The summed E-state index contributed by atoms with van der Waals surface area (Å²) in [5.74, 6) is 0. The van der Waals surface area contributed by atoms with Crippen molar-refractivity contribution < 1.29 is 0 Å². The molecule has 5 aromatic carbocycles. The van der Waals surface area contributed by atoms with E-state index >= 15 is 0 Å². The van der Waals surface area contributed by atoms with Gasteiger partial charge in [-0.15, -0.1) is 0 Å². The van der Waals surface area contributed by atoms with Crippen LogP contribution in [-0.2, 0) is 5.41 Å². The minimum Gasteiger partial charge on any atom is -0.309 e. The van der Waals surface area contributed by atoms with Gasteiger partial charge in [0.1, 0.15) is 0 Å². The van der Waals surface area contributed by atoms with Gasteiger partial charge in [0.15, 0.2) is 0 Å². The monoisotopic (exact) mass is 555 g/mol. The van der Waals surface area contributed by atoms with Crippen LogP contribution >= 0.6 is 0 Å². The predicted octanol–water partition coefficient (Wildman–Crippen LogP) is 10.6. The highest BCUT2D eigenvalue weighted by Gasteiger charge is 2.21. The maximum atomic E-state index is 4.75. The van der Waals surface area contributed by atoms with E-state index in [0.717, 1.165) is 28.9 Å². The molecule has 0 spiro atoms. The van der Waals surface area contributed by atoms with Crippen LogP contribution in [0.4, 0.5) is 0 Å². The summed E-state index contributed by atoms with van der Waals surface area (Å²) >= 11 is 0. The lowest BCUT2D eigenvalue weighted by Gasteiger charge is -2.23. The number of fused-ring (bicyclic) bond motifs is 6. The second kappa shape index (κ2) is 9.71. The quantitative estimate of drug-likeness (QED) is 0.207. The third-order valence-corrected chi connectivity index (χ3v) is 9.32. The summed E-state index contributed by atoms with van der Waals surface area (Å²) in [5, 5.41) is 5.04. The summed E-state index contributed by atoms with van der Waals surface area (Å²) < 4.78 is 4.83. The van der Waals surface area contributed by atoms with Crippen molar-refractivity contribution in [3.8, 4) is 22.5 Å². The minimum atomic E-state index is 0.0448. The van der Waals surface area contributed by atoms with Crippen LogP contribution in [0, 0.1) is 0 Å². The first-order valence-electron chi connectivity index (χ1n) is 15.1. The molecule has 0 amide bonds. The number of benzene rings is 5. The maximum Gasteiger partial charge on any atom is 0.0541 e. The van der Waals surface area contributed by atoms with E-state index in [2.05, 4.69) is 151 Å². The average Bonchev–Trinajstić information content (AvgIpc) is 3.58. The van der Waals surface area contributed by atoms with E-state index in [4.69, 9.17) is 4.98 Å². The fraction of sp³-hybridized carbons (Fsp3) is 0.125. The minimum absolute atomic E-state index is 0.0448. The van der Waals surface area contributed by atoms with Crippen LogP contribution in [0.5, 0.6) is 0 Å². The van der Waals surface area contributed by atoms with E-state index < -0.39 is 0 Å². The smallest absolute Gasteiger partial charge is 0.0541 e. The molecular weight excluding hydrogens is 522 g/mol. The molecule has 3 aromatic heterocycles. The van der Waals surface area contributed by atoms with Crippen LogP contribution in [0.3, 0.4) is 0 Å². The molecule has 0 aliphatic carbocycles. The third-order valence-electron chi connectivity index (χ3n) is 9.32. The van der Waals surface area contributed by atoms with Gasteiger partial charge in [0.05, 0.1) is 22.1 Å². The van der Waals surface area contributed by atoms with E-state index in [0.29, 0.717) is 0 Å². The van der Waals surface area contributed by atoms with E-state index in [-0.39, 0.29) is 5.41 Å². The molecule has 208 valence electrons. The Hall–Kier alpha value is -5.15. The van der Waals surface area contributed by atoms with Crippen molar-refractivity contribution >= 4 is 43.6 Å². The van der Waals surface area contributed by atoms with Gasteiger partial charge in [-0.05, 0) is 71.5 Å². The van der Waals surface area contributed by atoms with E-state index in [9.17, 15) is 0 Å². The molecule has 0 unspecified atom stereocenters. The van der Waals surface area contributed by atoms with Gasteiger partial charge in [-0.25, -0.2) is 0 Å². The highest BCUT2D eigenvalue weighted by molar-refractivity contribution is 6.10. The van der Waals surface area contributed by atoms with Crippen molar-refractivity contribution in [2.24, 2.45) is 0 Å². The standard InChI is InChI=1S/C40H33N3/c1-4-40(2,3)29-21-28(25-41-26-29)27-22-30(42-36-17-9-5-13-32(36)33-14-6-10-18-37(33)42)24-31(23-27)43-38-19-11-7-15-34(38)35-16-8-12-20-39(35)43/h5-26H,4H2,1-3H3. The van der Waals surface area contributed by atoms with Gasteiger partial charge in [-0.2, -0.15) is 0 Å². The Balaban J connectivity index is 1.48. The number of para-hydroxylation sites is 4. The summed E-state index contributed by atoms with van der Waals surface area (Å²) in [4.78, 5) is 4.75. The number of pyridine rings is 1. The first kappa shape index (κ1) is 25.6. The van der Waals surface area contributed by atoms with Gasteiger partial charge < -0.3 is 9.13 Å². The Morgan fingerprint density at radius 1 is 0.512 bits per heavy atom. The van der Waals surface area contributed by atoms with Crippen molar-refractivity contribution in [1.29, 1.82) is 0 Å². The van der Waals surface area contributed by atoms with E-state index in [1.54, 1.807) is 0 Å². The van der Waals surface area contributed by atoms with Crippen molar-refractivity contribution in [3.63, 3.8) is 0 Å². The molecule has 43 heavy (non-hydrogen) atoms. The Morgan fingerprint density at radius 2 is 0.930 bits per heavy atom. The van der Waals surface area contributed by atoms with Crippen LogP contribution in [0.1, 0.15) is 32.8 Å². The molecule has 8 rings (SSSR count). The average molecular weight is 556 g/mol. The molecule has 0 bridgehead atoms. The van der Waals surface area contributed by atoms with Gasteiger partial charge in [-0.3, -0.25) is 4.98 Å². The molecule has 0 atom stereocenters. The van der Waals surface area contributed by atoms with Crippen LogP contribution in [0.2, 0.25) is 0 Å². The summed E-state index contributed by atoms with van der Waals surface area (Å²) in [6.07, 6.45) is 5.08. The van der Waals surface area contributed by atoms with Crippen LogP contribution in [0.25, 0.3) is 66.1 Å². The fourth-order valence-electron chi connectivity index (χ4n) is 6.59. The summed E-state index contributed by atoms with van der Waals surface area (Å²) in [6.45, 7) is 6.84. The van der Waals surface area contributed by atoms with Crippen LogP contribution < -0.4 is 0 Å². The Kier molecular flexibility index (Phi) is 5.77. The van der Waals surface area contributed by atoms with Crippen molar-refractivity contribution in [2.75, 3.05) is 0 Å². The largest absolute Gasteiger partial charge is 0.309 e. The summed E-state index contributed by atoms with van der Waals surface area (Å²) in [6, 6.07) is 44.2. The third kappa shape index (κ3) is 3.99. The first-order chi connectivity index (χ1) is 21.0. The Bertz CT molecular complexity index is 2080. The van der Waals surface area contributed by atoms with E-state index in [1.165, 1.54) is 49.2 Å². The Morgan fingerprint density at radius 3 is 1.35 bits per heavy atom. The number of hydrogen-bond donors (Lipinski definition) is 0. The highest BCUT2D eigenvalue weighted by atomic mass is 15.0. The van der Waals surface area contributed by atoms with Crippen molar-refractivity contribution in [1.82, 2.24) is 14.1 Å². The maximum absolute atomic E-state index is 4.75. The van der Waals surface area contributed by atoms with Crippen molar-refractivity contribution in [2.45, 2.75) is 32.6 Å². The zero-order valence-electron chi connectivity index (χ0n) is 24.8. The Labute approximate surface area is 251 Å². The zero-order chi connectivity index (χ0) is 29.1. The summed E-state index contributed by atoms with van der Waals surface area (Å²) in [5.41, 5.74) is 10.7. The molecule has 0 saturated heterocycles. The number of nitrogens with zero attached hydrogens (tertiary/aromatic N) is 3. The SMILES string of the molecule is CCC(C)(C)c1cncc(-c2cc(-n3c4ccccc4c4ccccc43)cc(-n3c4ccccc4c4ccccc43)c2)c1. The lowest BCUT2D eigenvalue weighted by molar-refractivity contribution is 0.504. The molecule has 3 nitrogen and oxygen atoms in total. The molecule has 0 fully saturated rings. The normalized spacial score (nSPS) is 12.2. The molecule has 0 aliphatic heterocycles. The second-order valence-electron chi connectivity index (χ2n) is 12.2. The lowest BCUT2D eigenvalue weighted by atomic mass is 9.82. The number of hydrogen-bond acceptors (Lipinski definition) is 1. The van der Waals surface area contributed by atoms with E-state index in [1.807, 2.05) is 12.4 Å². The lowest BCUT2D eigenvalue weighted by Crippen LogP contribution is -2.15. The second-order valence-corrected chi connectivity index (χ2v) is 12.2. The molecule has 0 aliphatic rings. The van der Waals surface area contributed by atoms with Crippen LogP contribution in [-0.4, -0.2) is 14.1 Å². The van der Waals surface area contributed by atoms with Gasteiger partial charge >= 0.3 is 0 Å². The molecule has 3 heterocycles. The topological polar surface area (TPSA) is 22.8 Å². The number of rotatable bonds is 5. The zero-order valence-corrected chi connectivity index (χ0v) is 24.8. The van der Waals surface area contributed by atoms with Gasteiger partial charge in [0.25, 0.3) is 0 Å². The molecule has 0 radical (unpaired) electrons. The van der Waals surface area contributed by atoms with Crippen LogP contribution in [0.15, 0.2) is 134 Å². The molecule has 0 saturated carbocycles. The van der Waals surface area contributed by atoms with Gasteiger partial charge in [0.2, 0.25) is 0 Å². The summed E-state index contributed by atoms with van der Waals surface area (Å²) in [7, 11) is 0. The van der Waals surface area contributed by atoms with Gasteiger partial charge in [0, 0.05) is 50.9 Å². The molecule has 3 heteroatoms. The molecule has 0 N–H and O–H groups in total. The van der Waals surface area contributed by atoms with Gasteiger partial charge in [-0.1, -0.05) is 93.6 Å².